The number of hydrogen-bond acceptors (Lipinski definition) is 9. The molecular weight excluding hydrogens is 874 g/mol. The van der Waals surface area contributed by atoms with Gasteiger partial charge >= 0.3 is 23.9 Å². The smallest absolute Gasteiger partial charge is 0.320 e. The van der Waals surface area contributed by atoms with Gasteiger partial charge in [-0.1, -0.05) is 36.8 Å². The van der Waals surface area contributed by atoms with Crippen molar-refractivity contribution in [1.29, 1.82) is 0 Å². The van der Waals surface area contributed by atoms with Crippen LogP contribution in [-0.4, -0.2) is 80.7 Å². The Hall–Kier alpha value is -6.07. The second-order valence-corrected chi connectivity index (χ2v) is 15.2. The summed E-state index contributed by atoms with van der Waals surface area (Å²) in [5.74, 6) is -6.47. The Balaban J connectivity index is 0.000000619. The number of carbonyl (C=O) groups is 4. The van der Waals surface area contributed by atoms with Gasteiger partial charge < -0.3 is 52.7 Å². The van der Waals surface area contributed by atoms with Crippen molar-refractivity contribution in [1.82, 2.24) is 4.57 Å². The van der Waals surface area contributed by atoms with E-state index in [9.17, 15) is 41.1 Å². The summed E-state index contributed by atoms with van der Waals surface area (Å²) in [6, 6.07) is 11.2. The molecule has 0 spiro atoms. The lowest BCUT2D eigenvalue weighted by Crippen LogP contribution is -2.29. The zero-order valence-electron chi connectivity index (χ0n) is 36.9. The fraction of sp³-hybridized carbons (Fsp3) is 0.447. The molecule has 0 aliphatic carbocycles. The Bertz CT molecular complexity index is 2220. The van der Waals surface area contributed by atoms with Gasteiger partial charge in [0.1, 0.15) is 17.8 Å². The number of nitrogens with zero attached hydrogens (tertiary/aromatic N) is 1. The minimum atomic E-state index is -2.18. The summed E-state index contributed by atoms with van der Waals surface area (Å²) >= 11 is 0. The fourth-order valence-electron chi connectivity index (χ4n) is 6.61. The van der Waals surface area contributed by atoms with Crippen LogP contribution in [-0.2, 0) is 38.6 Å². The molecule has 14 nitrogen and oxygen atoms in total. The predicted molar refractivity (Wildman–Crippen MR) is 238 cm³/mol. The lowest BCUT2D eigenvalue weighted by Gasteiger charge is -2.09. The van der Waals surface area contributed by atoms with Crippen LogP contribution < -0.4 is 27.7 Å². The molecular formula is C47H60F5N5O9. The number of benzene rings is 3. The number of aryl methyl sites for hydroxylation is 2. The van der Waals surface area contributed by atoms with E-state index in [1.54, 1.807) is 24.3 Å². The van der Waals surface area contributed by atoms with Crippen LogP contribution in [0.4, 0.5) is 22.0 Å². The lowest BCUT2D eigenvalue weighted by atomic mass is 10.0. The molecule has 3 aromatic carbocycles. The number of carboxylic acids is 4. The van der Waals surface area contributed by atoms with Crippen LogP contribution in [0.5, 0.6) is 5.75 Å². The summed E-state index contributed by atoms with van der Waals surface area (Å²) in [5, 5.41) is 35.8. The number of para-hydroxylation sites is 1. The van der Waals surface area contributed by atoms with Crippen molar-refractivity contribution in [2.75, 3.05) is 19.7 Å². The zero-order chi connectivity index (χ0) is 49.3. The molecule has 0 amide bonds. The van der Waals surface area contributed by atoms with Gasteiger partial charge in [0.05, 0.1) is 12.1 Å². The largest absolute Gasteiger partial charge is 0.494 e. The third kappa shape index (κ3) is 18.4. The predicted octanol–water partition coefficient (Wildman–Crippen LogP) is 6.77. The highest BCUT2D eigenvalue weighted by molar-refractivity contribution is 5.90. The monoisotopic (exact) mass is 933 g/mol. The molecule has 1 heterocycles. The third-order valence-electron chi connectivity index (χ3n) is 10.2. The van der Waals surface area contributed by atoms with E-state index in [4.69, 9.17) is 48.1 Å². The van der Waals surface area contributed by atoms with Gasteiger partial charge in [-0.15, -0.1) is 0 Å². The molecule has 0 aliphatic heterocycles. The van der Waals surface area contributed by atoms with Gasteiger partial charge in [-0.3, -0.25) is 19.2 Å². The van der Waals surface area contributed by atoms with Crippen LogP contribution in [0.1, 0.15) is 105 Å². The van der Waals surface area contributed by atoms with E-state index >= 15 is 0 Å². The van der Waals surface area contributed by atoms with Crippen LogP contribution in [0.3, 0.4) is 0 Å². The second-order valence-electron chi connectivity index (χ2n) is 15.2. The van der Waals surface area contributed by atoms with Crippen LogP contribution in [0.2, 0.25) is 0 Å². The SMILES string of the molecule is Cc1c(CCCC(=O)O)c2cccc(C#Cc3ccc(OCCCCc4c(F)c(F)c(F)c(F)c4F)cc3)c2n1CCCC(=O)O.NCCCCC(N)C(=O)O.NCCCCC(N)C(=O)O. The molecule has 0 fully saturated rings. The molecule has 19 heteroatoms. The number of ether oxygens (including phenoxy) is 1. The standard InChI is InChI=1S/C35H32F5NO5.2C6H14N2O2/c1-21-25(9-5-11-28(42)43)26-10-4-7-23(35(26)41(21)19-6-12-29(44)45)16-13-22-14-17-24(18-15-22)46-20-3-2-8-27-30(36)32(38)34(40)33(39)31(27)37;2*7-4-2-1-3-5(8)6(9)10/h4,7,10,14-15,17-18H,2-3,5-6,8-9,11-12,19-20H2,1H3,(H,42,43)(H,44,45);2*5H,1-4,7-8H2,(H,9,10). The summed E-state index contributed by atoms with van der Waals surface area (Å²) in [4.78, 5) is 42.5. The number of unbranched alkanes of at least 4 members (excludes halogenated alkanes) is 3. The second kappa shape index (κ2) is 29.5. The Morgan fingerprint density at radius 1 is 0.636 bits per heavy atom. The van der Waals surface area contributed by atoms with Crippen molar-refractivity contribution in [2.45, 2.75) is 115 Å². The van der Waals surface area contributed by atoms with Crippen molar-refractivity contribution in [3.05, 3.63) is 99.5 Å². The number of fused-ring (bicyclic) bond motifs is 1. The molecule has 4 rings (SSSR count). The van der Waals surface area contributed by atoms with E-state index in [-0.39, 0.29) is 32.3 Å². The van der Waals surface area contributed by atoms with Crippen LogP contribution in [0.15, 0.2) is 42.5 Å². The number of hydrogen-bond donors (Lipinski definition) is 8. The summed E-state index contributed by atoms with van der Waals surface area (Å²) in [5.41, 5.74) is 24.3. The molecule has 4 aromatic rings. The Kier molecular flexibility index (Phi) is 25.0. The molecule has 362 valence electrons. The summed E-state index contributed by atoms with van der Waals surface area (Å²) < 4.78 is 75.4. The van der Waals surface area contributed by atoms with Gasteiger partial charge in [0, 0.05) is 47.2 Å². The first-order valence-electron chi connectivity index (χ1n) is 21.5. The first kappa shape index (κ1) is 56.1. The summed E-state index contributed by atoms with van der Waals surface area (Å²) in [6.07, 6.45) is 5.98. The quantitative estimate of drug-likeness (QED) is 0.0119. The number of nitrogens with two attached hydrogens (primary N) is 4. The maximum atomic E-state index is 13.8. The molecule has 12 N–H and O–H groups in total. The van der Waals surface area contributed by atoms with Crippen molar-refractivity contribution in [2.24, 2.45) is 22.9 Å². The molecule has 0 radical (unpaired) electrons. The fourth-order valence-corrected chi connectivity index (χ4v) is 6.61. The number of aliphatic carboxylic acids is 4. The topological polar surface area (TPSA) is 267 Å². The number of carboxylic acid groups (broad SMARTS) is 4. The average Bonchev–Trinajstić information content (AvgIpc) is 3.55. The summed E-state index contributed by atoms with van der Waals surface area (Å²) in [6.45, 7) is 3.79. The lowest BCUT2D eigenvalue weighted by molar-refractivity contribution is -0.139. The molecule has 0 aliphatic rings. The number of halogens is 5. The van der Waals surface area contributed by atoms with E-state index in [1.807, 2.05) is 25.1 Å². The highest BCUT2D eigenvalue weighted by Gasteiger charge is 2.25. The Morgan fingerprint density at radius 3 is 1.67 bits per heavy atom. The average molecular weight is 934 g/mol. The molecule has 0 saturated heterocycles. The maximum Gasteiger partial charge on any atom is 0.320 e. The van der Waals surface area contributed by atoms with Crippen molar-refractivity contribution >= 4 is 34.8 Å². The highest BCUT2D eigenvalue weighted by Crippen LogP contribution is 2.31. The van der Waals surface area contributed by atoms with Crippen molar-refractivity contribution in [3.8, 4) is 17.6 Å². The Labute approximate surface area is 380 Å². The number of rotatable bonds is 24. The molecule has 1 aromatic heterocycles. The van der Waals surface area contributed by atoms with Gasteiger partial charge in [0.15, 0.2) is 23.3 Å². The maximum absolute atomic E-state index is 13.8. The highest BCUT2D eigenvalue weighted by atomic mass is 19.2. The number of aromatic nitrogens is 1. The van der Waals surface area contributed by atoms with E-state index < -0.39 is 70.6 Å². The molecule has 0 saturated carbocycles. The van der Waals surface area contributed by atoms with Gasteiger partial charge in [-0.2, -0.15) is 0 Å². The molecule has 66 heavy (non-hydrogen) atoms. The molecule has 2 atom stereocenters. The van der Waals surface area contributed by atoms with E-state index in [0.29, 0.717) is 69.5 Å². The minimum Gasteiger partial charge on any atom is -0.494 e. The van der Waals surface area contributed by atoms with Gasteiger partial charge in [-0.25, -0.2) is 22.0 Å². The van der Waals surface area contributed by atoms with Crippen LogP contribution >= 0.6 is 0 Å². The van der Waals surface area contributed by atoms with Gasteiger partial charge in [0.2, 0.25) is 5.82 Å². The minimum absolute atomic E-state index is 0.0149. The zero-order valence-corrected chi connectivity index (χ0v) is 36.9. The molecule has 2 unspecified atom stereocenters. The van der Waals surface area contributed by atoms with E-state index in [2.05, 4.69) is 16.4 Å². The van der Waals surface area contributed by atoms with Gasteiger partial charge in [-0.05, 0) is 120 Å². The first-order valence-corrected chi connectivity index (χ1v) is 21.5. The van der Waals surface area contributed by atoms with Gasteiger partial charge in [0.25, 0.3) is 0 Å². The van der Waals surface area contributed by atoms with Crippen molar-refractivity contribution in [3.63, 3.8) is 0 Å². The van der Waals surface area contributed by atoms with E-state index in [1.165, 1.54) is 0 Å². The third-order valence-corrected chi connectivity index (χ3v) is 10.2. The van der Waals surface area contributed by atoms with Crippen molar-refractivity contribution < 1.29 is 66.3 Å². The Morgan fingerprint density at radius 2 is 1.15 bits per heavy atom. The normalized spacial score (nSPS) is 11.6. The van der Waals surface area contributed by atoms with Crippen LogP contribution in [0, 0.1) is 47.9 Å². The van der Waals surface area contributed by atoms with Crippen LogP contribution in [0.25, 0.3) is 10.9 Å². The summed E-state index contributed by atoms with van der Waals surface area (Å²) in [7, 11) is 0. The molecule has 0 bridgehead atoms. The first-order chi connectivity index (χ1) is 31.4. The van der Waals surface area contributed by atoms with E-state index in [0.717, 1.165) is 53.4 Å².